The van der Waals surface area contributed by atoms with Crippen LogP contribution >= 0.6 is 11.6 Å². The van der Waals surface area contributed by atoms with Crippen molar-refractivity contribution in [3.05, 3.63) is 111 Å². The molecule has 3 nitrogen and oxygen atoms in total. The van der Waals surface area contributed by atoms with Crippen molar-refractivity contribution in [2.24, 2.45) is 7.05 Å². The number of aryl methyl sites for hydroxylation is 3. The molecule has 168 valence electrons. The lowest BCUT2D eigenvalue weighted by Gasteiger charge is -2.38. The van der Waals surface area contributed by atoms with Crippen LogP contribution in [0.1, 0.15) is 45.1 Å². The summed E-state index contributed by atoms with van der Waals surface area (Å²) in [5, 5.41) is 0.594. The van der Waals surface area contributed by atoms with Gasteiger partial charge >= 0.3 is 0 Å². The lowest BCUT2D eigenvalue weighted by molar-refractivity contribution is 0.200. The summed E-state index contributed by atoms with van der Waals surface area (Å²) in [7, 11) is 2.09. The van der Waals surface area contributed by atoms with Crippen LogP contribution in [-0.4, -0.2) is 21.0 Å². The molecule has 1 unspecified atom stereocenters. The van der Waals surface area contributed by atoms with Crippen LogP contribution in [0.2, 0.25) is 5.15 Å². The first-order valence-corrected chi connectivity index (χ1v) is 12.0. The number of benzene rings is 3. The second-order valence-corrected chi connectivity index (χ2v) is 9.59. The predicted molar refractivity (Wildman–Crippen MR) is 137 cm³/mol. The molecule has 0 saturated heterocycles. The first-order chi connectivity index (χ1) is 15.9. The van der Waals surface area contributed by atoms with Crippen molar-refractivity contribution in [1.29, 1.82) is 0 Å². The molecule has 1 atom stereocenters. The van der Waals surface area contributed by atoms with Crippen molar-refractivity contribution >= 4 is 11.6 Å². The van der Waals surface area contributed by atoms with Gasteiger partial charge in [-0.3, -0.25) is 4.90 Å². The van der Waals surface area contributed by atoms with Gasteiger partial charge in [0.25, 0.3) is 0 Å². The van der Waals surface area contributed by atoms with Crippen LogP contribution in [0, 0.1) is 20.8 Å². The highest BCUT2D eigenvalue weighted by Gasteiger charge is 2.30. The van der Waals surface area contributed by atoms with Gasteiger partial charge in [-0.1, -0.05) is 83.9 Å². The number of halogens is 1. The van der Waals surface area contributed by atoms with Gasteiger partial charge in [-0.05, 0) is 55.0 Å². The largest absolute Gasteiger partial charge is 0.329 e. The second-order valence-electron chi connectivity index (χ2n) is 9.23. The summed E-state index contributed by atoms with van der Waals surface area (Å²) in [5.41, 5.74) is 10.1. The first kappa shape index (κ1) is 21.9. The topological polar surface area (TPSA) is 21.1 Å². The molecule has 0 N–H and O–H groups in total. The van der Waals surface area contributed by atoms with Crippen LogP contribution in [0.4, 0.5) is 0 Å². The van der Waals surface area contributed by atoms with E-state index in [4.69, 9.17) is 16.6 Å². The molecule has 0 amide bonds. The normalized spacial score (nSPS) is 16.1. The van der Waals surface area contributed by atoms with E-state index in [2.05, 4.69) is 104 Å². The van der Waals surface area contributed by atoms with E-state index in [1.165, 1.54) is 38.9 Å². The summed E-state index contributed by atoms with van der Waals surface area (Å²) in [5.74, 6) is 0.940. The maximum atomic E-state index is 6.78. The van der Waals surface area contributed by atoms with Crippen LogP contribution in [-0.2, 0) is 20.0 Å². The summed E-state index contributed by atoms with van der Waals surface area (Å²) in [4.78, 5) is 7.37. The van der Waals surface area contributed by atoms with Gasteiger partial charge in [-0.2, -0.15) is 0 Å². The molecule has 4 aromatic rings. The van der Waals surface area contributed by atoms with E-state index < -0.39 is 0 Å². The van der Waals surface area contributed by atoms with E-state index >= 15 is 0 Å². The van der Waals surface area contributed by atoms with Gasteiger partial charge in [0.05, 0.1) is 11.7 Å². The number of rotatable bonds is 4. The minimum Gasteiger partial charge on any atom is -0.329 e. The average Bonchev–Trinajstić information content (AvgIpc) is 3.07. The number of imidazole rings is 1. The monoisotopic (exact) mass is 455 g/mol. The highest BCUT2D eigenvalue weighted by Crippen LogP contribution is 2.38. The number of hydrogen-bond donors (Lipinski definition) is 0. The molecule has 0 aliphatic carbocycles. The standard InChI is InChI=1S/C29H30ClN3/c1-19-12-14-23(15-13-19)27-24-11-6-5-10-22(24)16-17-33(27)18-25-28(30)31-29(32(25)4)26-20(2)8-7-9-21(26)3/h5-15,27H,16-18H2,1-4H3. The highest BCUT2D eigenvalue weighted by molar-refractivity contribution is 6.30. The number of nitrogens with zero attached hydrogens (tertiary/aromatic N) is 3. The molecule has 0 radical (unpaired) electrons. The molecule has 0 saturated carbocycles. The fraction of sp³-hybridized carbons (Fsp3) is 0.276. The number of aromatic nitrogens is 2. The van der Waals surface area contributed by atoms with Crippen LogP contribution in [0.3, 0.4) is 0 Å². The van der Waals surface area contributed by atoms with Crippen LogP contribution in [0.5, 0.6) is 0 Å². The predicted octanol–water partition coefficient (Wildman–Crippen LogP) is 6.81. The van der Waals surface area contributed by atoms with Crippen LogP contribution in [0.25, 0.3) is 11.4 Å². The molecule has 1 aromatic heterocycles. The zero-order valence-corrected chi connectivity index (χ0v) is 20.5. The van der Waals surface area contributed by atoms with E-state index in [-0.39, 0.29) is 6.04 Å². The van der Waals surface area contributed by atoms with Crippen molar-refractivity contribution in [3.63, 3.8) is 0 Å². The zero-order valence-electron chi connectivity index (χ0n) is 19.8. The number of fused-ring (bicyclic) bond motifs is 1. The molecule has 1 aliphatic heterocycles. The second kappa shape index (κ2) is 8.81. The zero-order chi connectivity index (χ0) is 23.1. The van der Waals surface area contributed by atoms with Gasteiger partial charge in [0, 0.05) is 25.7 Å². The minimum absolute atomic E-state index is 0.199. The molecule has 1 aliphatic rings. The fourth-order valence-corrected chi connectivity index (χ4v) is 5.45. The molecule has 0 fully saturated rings. The molecule has 33 heavy (non-hydrogen) atoms. The Morgan fingerprint density at radius 2 is 1.61 bits per heavy atom. The maximum Gasteiger partial charge on any atom is 0.152 e. The lowest BCUT2D eigenvalue weighted by Crippen LogP contribution is -2.36. The summed E-state index contributed by atoms with van der Waals surface area (Å²) < 4.78 is 2.18. The van der Waals surface area contributed by atoms with Gasteiger partial charge in [0.2, 0.25) is 0 Å². The third-order valence-corrected chi connectivity index (χ3v) is 7.30. The molecule has 3 aromatic carbocycles. The lowest BCUT2D eigenvalue weighted by atomic mass is 9.88. The van der Waals surface area contributed by atoms with Crippen molar-refractivity contribution in [1.82, 2.24) is 14.5 Å². The Hall–Kier alpha value is -2.88. The Kier molecular flexibility index (Phi) is 5.86. The maximum absolute atomic E-state index is 6.78. The summed E-state index contributed by atoms with van der Waals surface area (Å²) >= 11 is 6.78. The van der Waals surface area contributed by atoms with Crippen molar-refractivity contribution in [3.8, 4) is 11.4 Å². The Morgan fingerprint density at radius 3 is 2.33 bits per heavy atom. The van der Waals surface area contributed by atoms with Crippen molar-refractivity contribution in [2.75, 3.05) is 6.54 Å². The summed E-state index contributed by atoms with van der Waals surface area (Å²) in [6.45, 7) is 8.15. The van der Waals surface area contributed by atoms with Crippen LogP contribution < -0.4 is 0 Å². The number of hydrogen-bond acceptors (Lipinski definition) is 2. The fourth-order valence-electron chi connectivity index (χ4n) is 5.18. The Labute approximate surface area is 201 Å². The molecule has 5 rings (SSSR count). The molecule has 2 heterocycles. The third kappa shape index (κ3) is 4.01. The Bertz CT molecular complexity index is 1280. The smallest absolute Gasteiger partial charge is 0.152 e. The first-order valence-electron chi connectivity index (χ1n) is 11.6. The quantitative estimate of drug-likeness (QED) is 0.337. The average molecular weight is 456 g/mol. The highest BCUT2D eigenvalue weighted by atomic mass is 35.5. The molecular formula is C29H30ClN3. The van der Waals surface area contributed by atoms with Gasteiger partial charge in [-0.15, -0.1) is 0 Å². The van der Waals surface area contributed by atoms with Gasteiger partial charge in [0.15, 0.2) is 5.15 Å². The molecular weight excluding hydrogens is 426 g/mol. The van der Waals surface area contributed by atoms with E-state index in [9.17, 15) is 0 Å². The van der Waals surface area contributed by atoms with Gasteiger partial charge in [-0.25, -0.2) is 4.98 Å². The molecule has 4 heteroatoms. The SMILES string of the molecule is Cc1ccc(C2c3ccccc3CCN2Cc2c(Cl)nc(-c3c(C)cccc3C)n2C)cc1. The Balaban J connectivity index is 1.56. The summed E-state index contributed by atoms with van der Waals surface area (Å²) in [6.07, 6.45) is 1.04. The van der Waals surface area contributed by atoms with Crippen LogP contribution in [0.15, 0.2) is 66.7 Å². The van der Waals surface area contributed by atoms with E-state index in [0.29, 0.717) is 5.15 Å². The Morgan fingerprint density at radius 1 is 0.909 bits per heavy atom. The summed E-state index contributed by atoms with van der Waals surface area (Å²) in [6, 6.07) is 24.4. The van der Waals surface area contributed by atoms with E-state index in [0.717, 1.165) is 31.0 Å². The van der Waals surface area contributed by atoms with Gasteiger partial charge < -0.3 is 4.57 Å². The van der Waals surface area contributed by atoms with Gasteiger partial charge in [0.1, 0.15) is 5.82 Å². The van der Waals surface area contributed by atoms with E-state index in [1.807, 2.05) is 0 Å². The third-order valence-electron chi connectivity index (χ3n) is 7.00. The van der Waals surface area contributed by atoms with Crippen molar-refractivity contribution in [2.45, 2.75) is 39.8 Å². The van der Waals surface area contributed by atoms with E-state index in [1.54, 1.807) is 0 Å². The molecule has 0 bridgehead atoms. The van der Waals surface area contributed by atoms with Crippen molar-refractivity contribution < 1.29 is 0 Å². The molecule has 0 spiro atoms. The minimum atomic E-state index is 0.199.